The molecule has 1 aliphatic rings. The van der Waals surface area contributed by atoms with Crippen LogP contribution in [0.2, 0.25) is 0 Å². The predicted molar refractivity (Wildman–Crippen MR) is 98.1 cm³/mol. The number of aromatic nitrogens is 2. The molecular formula is C20H19F3N4O. The smallest absolute Gasteiger partial charge is 0.169 e. The molecule has 0 amide bonds. The van der Waals surface area contributed by atoms with Crippen molar-refractivity contribution in [1.29, 1.82) is 0 Å². The van der Waals surface area contributed by atoms with Crippen molar-refractivity contribution >= 4 is 5.69 Å². The maximum absolute atomic E-state index is 14.3. The maximum Gasteiger partial charge on any atom is 0.169 e. The van der Waals surface area contributed by atoms with E-state index in [0.717, 1.165) is 36.2 Å². The van der Waals surface area contributed by atoms with Crippen LogP contribution in [0.3, 0.4) is 0 Å². The van der Waals surface area contributed by atoms with Crippen molar-refractivity contribution in [1.82, 2.24) is 14.9 Å². The summed E-state index contributed by atoms with van der Waals surface area (Å²) in [6, 6.07) is 6.84. The van der Waals surface area contributed by atoms with E-state index in [1.54, 1.807) is 16.8 Å². The first kappa shape index (κ1) is 18.5. The molecule has 0 saturated heterocycles. The highest BCUT2D eigenvalue weighted by molar-refractivity contribution is 5.51. The summed E-state index contributed by atoms with van der Waals surface area (Å²) in [5.74, 6) is -2.27. The van der Waals surface area contributed by atoms with E-state index >= 15 is 0 Å². The highest BCUT2D eigenvalue weighted by Crippen LogP contribution is 2.25. The summed E-state index contributed by atoms with van der Waals surface area (Å²) in [5.41, 5.74) is 3.02. The van der Waals surface area contributed by atoms with Crippen molar-refractivity contribution in [3.05, 3.63) is 82.7 Å². The Hall–Kier alpha value is -2.84. The first-order valence-corrected chi connectivity index (χ1v) is 8.92. The van der Waals surface area contributed by atoms with Gasteiger partial charge in [-0.2, -0.15) is 0 Å². The summed E-state index contributed by atoms with van der Waals surface area (Å²) in [6.45, 7) is 1.72. The molecule has 2 heterocycles. The normalized spacial score (nSPS) is 14.6. The quantitative estimate of drug-likeness (QED) is 0.588. The van der Waals surface area contributed by atoms with Crippen LogP contribution < -0.4 is 10.6 Å². The third-order valence-electron chi connectivity index (χ3n) is 4.75. The zero-order chi connectivity index (χ0) is 19.7. The van der Waals surface area contributed by atoms with E-state index in [1.165, 1.54) is 18.5 Å². The van der Waals surface area contributed by atoms with Crippen molar-refractivity contribution in [3.63, 3.8) is 0 Å². The van der Waals surface area contributed by atoms with Gasteiger partial charge < -0.3 is 20.3 Å². The Bertz CT molecular complexity index is 1010. The van der Waals surface area contributed by atoms with E-state index in [2.05, 4.69) is 15.6 Å². The highest BCUT2D eigenvalue weighted by Gasteiger charge is 2.17. The van der Waals surface area contributed by atoms with E-state index in [0.29, 0.717) is 17.8 Å². The van der Waals surface area contributed by atoms with Gasteiger partial charge in [-0.25, -0.2) is 18.2 Å². The van der Waals surface area contributed by atoms with Gasteiger partial charge in [-0.1, -0.05) is 6.07 Å². The Morgan fingerprint density at radius 3 is 2.79 bits per heavy atom. The van der Waals surface area contributed by atoms with Gasteiger partial charge in [0, 0.05) is 19.3 Å². The van der Waals surface area contributed by atoms with Crippen molar-refractivity contribution in [2.75, 3.05) is 11.9 Å². The third-order valence-corrected chi connectivity index (χ3v) is 4.75. The molecule has 0 spiro atoms. The Morgan fingerprint density at radius 1 is 1.11 bits per heavy atom. The summed E-state index contributed by atoms with van der Waals surface area (Å²) >= 11 is 0. The van der Waals surface area contributed by atoms with Crippen LogP contribution in [-0.2, 0) is 19.5 Å². The van der Waals surface area contributed by atoms with Gasteiger partial charge in [0.05, 0.1) is 12.0 Å². The fourth-order valence-electron chi connectivity index (χ4n) is 3.29. The van der Waals surface area contributed by atoms with Crippen molar-refractivity contribution in [3.8, 4) is 0 Å². The molecule has 0 aliphatic carbocycles. The molecule has 3 N–H and O–H groups in total. The lowest BCUT2D eigenvalue weighted by molar-refractivity contribution is 0.203. The van der Waals surface area contributed by atoms with E-state index in [4.69, 9.17) is 0 Å². The zero-order valence-corrected chi connectivity index (χ0v) is 14.9. The SMILES string of the molecule is O[C@H](Nc1cc2c(cc1F)CNCC2)c1cn(Cc2ccc(F)c(F)c2)cn1. The number of imidazole rings is 1. The lowest BCUT2D eigenvalue weighted by atomic mass is 10.00. The topological polar surface area (TPSA) is 62.1 Å². The van der Waals surface area contributed by atoms with Gasteiger partial charge in [0.1, 0.15) is 11.5 Å². The number of hydrogen-bond donors (Lipinski definition) is 3. The molecule has 0 radical (unpaired) electrons. The molecule has 146 valence electrons. The van der Waals surface area contributed by atoms with Gasteiger partial charge in [0.15, 0.2) is 17.9 Å². The number of rotatable bonds is 5. The maximum atomic E-state index is 14.3. The lowest BCUT2D eigenvalue weighted by Crippen LogP contribution is -2.24. The van der Waals surface area contributed by atoms with Crippen molar-refractivity contribution in [2.24, 2.45) is 0 Å². The average molecular weight is 388 g/mol. The fraction of sp³-hybridized carbons (Fsp3) is 0.250. The summed E-state index contributed by atoms with van der Waals surface area (Å²) in [7, 11) is 0. The zero-order valence-electron chi connectivity index (χ0n) is 14.9. The molecule has 1 aromatic heterocycles. The number of aliphatic hydroxyl groups is 1. The second-order valence-corrected chi connectivity index (χ2v) is 6.79. The van der Waals surface area contributed by atoms with Gasteiger partial charge in [-0.15, -0.1) is 0 Å². The predicted octanol–water partition coefficient (Wildman–Crippen LogP) is 3.10. The van der Waals surface area contributed by atoms with E-state index in [-0.39, 0.29) is 12.2 Å². The van der Waals surface area contributed by atoms with Crippen LogP contribution in [-0.4, -0.2) is 21.2 Å². The van der Waals surface area contributed by atoms with Crippen LogP contribution in [0, 0.1) is 17.5 Å². The first-order valence-electron chi connectivity index (χ1n) is 8.92. The Labute approximate surface area is 159 Å². The standard InChI is InChI=1S/C20H19F3N4O/c21-15-2-1-12(5-16(15)22)9-27-10-19(25-11-27)20(28)26-18-7-13-3-4-24-8-14(13)6-17(18)23/h1-2,5-7,10-11,20,24,26,28H,3-4,8-9H2/t20-/m0/s1. The molecule has 8 heteroatoms. The first-order chi connectivity index (χ1) is 13.5. The molecule has 0 fully saturated rings. The second-order valence-electron chi connectivity index (χ2n) is 6.79. The van der Waals surface area contributed by atoms with E-state index in [1.807, 2.05) is 0 Å². The van der Waals surface area contributed by atoms with Gasteiger partial charge in [0.2, 0.25) is 0 Å². The number of hydrogen-bond acceptors (Lipinski definition) is 4. The van der Waals surface area contributed by atoms with Crippen LogP contribution in [0.15, 0.2) is 42.9 Å². The number of fused-ring (bicyclic) bond motifs is 1. The minimum atomic E-state index is -1.21. The Morgan fingerprint density at radius 2 is 1.96 bits per heavy atom. The number of anilines is 1. The molecule has 0 bridgehead atoms. The van der Waals surface area contributed by atoms with Gasteiger partial charge in [-0.3, -0.25) is 0 Å². The molecule has 5 nitrogen and oxygen atoms in total. The number of nitrogens with one attached hydrogen (secondary N) is 2. The minimum absolute atomic E-state index is 0.211. The van der Waals surface area contributed by atoms with Gasteiger partial charge in [-0.05, 0) is 53.9 Å². The van der Waals surface area contributed by atoms with Crippen molar-refractivity contribution < 1.29 is 18.3 Å². The number of halogens is 3. The van der Waals surface area contributed by atoms with Gasteiger partial charge in [0.25, 0.3) is 0 Å². The summed E-state index contributed by atoms with van der Waals surface area (Å²) in [6.07, 6.45) is 2.62. The highest BCUT2D eigenvalue weighted by atomic mass is 19.2. The second kappa shape index (κ2) is 7.65. The average Bonchev–Trinajstić information content (AvgIpc) is 3.14. The van der Waals surface area contributed by atoms with Crippen molar-refractivity contribution in [2.45, 2.75) is 25.7 Å². The minimum Gasteiger partial charge on any atom is -0.368 e. The fourth-order valence-corrected chi connectivity index (χ4v) is 3.29. The van der Waals surface area contributed by atoms with E-state index in [9.17, 15) is 18.3 Å². The molecule has 4 rings (SSSR count). The molecule has 3 aromatic rings. The summed E-state index contributed by atoms with van der Waals surface area (Å²) in [5, 5.41) is 16.3. The molecule has 2 aromatic carbocycles. The molecule has 28 heavy (non-hydrogen) atoms. The summed E-state index contributed by atoms with van der Waals surface area (Å²) in [4.78, 5) is 4.12. The largest absolute Gasteiger partial charge is 0.368 e. The van der Waals surface area contributed by atoms with E-state index < -0.39 is 23.7 Å². The Balaban J connectivity index is 1.47. The van der Waals surface area contributed by atoms with Crippen LogP contribution in [0.25, 0.3) is 0 Å². The molecule has 0 saturated carbocycles. The van der Waals surface area contributed by atoms with Crippen LogP contribution in [0.1, 0.15) is 28.6 Å². The monoisotopic (exact) mass is 388 g/mol. The molecule has 1 aliphatic heterocycles. The van der Waals surface area contributed by atoms with Crippen LogP contribution in [0.5, 0.6) is 0 Å². The Kier molecular flexibility index (Phi) is 5.06. The van der Waals surface area contributed by atoms with Crippen LogP contribution >= 0.6 is 0 Å². The van der Waals surface area contributed by atoms with Crippen LogP contribution in [0.4, 0.5) is 18.9 Å². The van der Waals surface area contributed by atoms with Gasteiger partial charge >= 0.3 is 0 Å². The summed E-state index contributed by atoms with van der Waals surface area (Å²) < 4.78 is 42.3. The lowest BCUT2D eigenvalue weighted by Gasteiger charge is -2.20. The molecule has 1 atom stereocenters. The number of nitrogens with zero attached hydrogens (tertiary/aromatic N) is 2. The molecule has 0 unspecified atom stereocenters. The number of benzene rings is 2. The molecular weight excluding hydrogens is 369 g/mol. The third kappa shape index (κ3) is 3.88. The number of aliphatic hydroxyl groups excluding tert-OH is 1.